The van der Waals surface area contributed by atoms with E-state index in [9.17, 15) is 9.59 Å². The summed E-state index contributed by atoms with van der Waals surface area (Å²) in [5, 5.41) is 7.31. The minimum atomic E-state index is -0.314. The average Bonchev–Trinajstić information content (AvgIpc) is 3.30. The highest BCUT2D eigenvalue weighted by molar-refractivity contribution is 5.97. The lowest BCUT2D eigenvalue weighted by molar-refractivity contribution is 0.0948. The molecule has 9 heteroatoms. The molecule has 0 aliphatic rings. The number of nitrogens with one attached hydrogen (secondary N) is 1. The van der Waals surface area contributed by atoms with Crippen molar-refractivity contribution < 1.29 is 19.0 Å². The van der Waals surface area contributed by atoms with E-state index < -0.39 is 0 Å². The van der Waals surface area contributed by atoms with E-state index in [-0.39, 0.29) is 18.0 Å². The first kappa shape index (κ1) is 21.9. The van der Waals surface area contributed by atoms with E-state index in [0.29, 0.717) is 34.8 Å². The van der Waals surface area contributed by atoms with Crippen LogP contribution in [0.2, 0.25) is 0 Å². The third-order valence-corrected chi connectivity index (χ3v) is 5.28. The SMILES string of the molecule is COc1ccc(-c2cc3c(=O)n(CCNC(=O)c4cccc(OC)c4OC)ccn3n2)cc1. The highest BCUT2D eigenvalue weighted by Crippen LogP contribution is 2.30. The third-order valence-electron chi connectivity index (χ3n) is 5.28. The van der Waals surface area contributed by atoms with Gasteiger partial charge in [0.05, 0.1) is 32.6 Å². The quantitative estimate of drug-likeness (QED) is 0.445. The summed E-state index contributed by atoms with van der Waals surface area (Å²) in [6.07, 6.45) is 3.37. The molecule has 0 atom stereocenters. The zero-order valence-electron chi connectivity index (χ0n) is 18.6. The van der Waals surface area contributed by atoms with Crippen LogP contribution in [0.25, 0.3) is 16.8 Å². The second-order valence-corrected chi connectivity index (χ2v) is 7.18. The van der Waals surface area contributed by atoms with Gasteiger partial charge in [-0.25, -0.2) is 4.52 Å². The van der Waals surface area contributed by atoms with Gasteiger partial charge in [0.1, 0.15) is 11.3 Å². The first-order valence-electron chi connectivity index (χ1n) is 10.3. The van der Waals surface area contributed by atoms with E-state index in [1.165, 1.54) is 18.8 Å². The summed E-state index contributed by atoms with van der Waals surface area (Å²) in [6, 6.07) is 14.3. The van der Waals surface area contributed by atoms with E-state index in [4.69, 9.17) is 14.2 Å². The molecule has 0 unspecified atom stereocenters. The van der Waals surface area contributed by atoms with Crippen molar-refractivity contribution in [3.05, 3.63) is 76.8 Å². The number of hydrogen-bond acceptors (Lipinski definition) is 6. The number of rotatable bonds is 8. The number of aromatic nitrogens is 3. The molecule has 9 nitrogen and oxygen atoms in total. The number of methoxy groups -OCH3 is 3. The summed E-state index contributed by atoms with van der Waals surface area (Å²) in [5.41, 5.74) is 2.18. The van der Waals surface area contributed by atoms with Crippen molar-refractivity contribution in [3.63, 3.8) is 0 Å². The number of benzene rings is 2. The van der Waals surface area contributed by atoms with Crippen molar-refractivity contribution in [2.24, 2.45) is 0 Å². The second kappa shape index (κ2) is 9.47. The highest BCUT2D eigenvalue weighted by Gasteiger charge is 2.16. The van der Waals surface area contributed by atoms with Gasteiger partial charge in [0.25, 0.3) is 11.5 Å². The highest BCUT2D eigenvalue weighted by atomic mass is 16.5. The summed E-state index contributed by atoms with van der Waals surface area (Å²) >= 11 is 0. The molecule has 0 fully saturated rings. The molecule has 0 saturated carbocycles. The molecule has 0 radical (unpaired) electrons. The number of amides is 1. The molecule has 0 aliphatic heterocycles. The Morgan fingerprint density at radius 3 is 2.48 bits per heavy atom. The Hall–Kier alpha value is -4.27. The number of para-hydroxylation sites is 1. The summed E-state index contributed by atoms with van der Waals surface area (Å²) in [6.45, 7) is 0.561. The lowest BCUT2D eigenvalue weighted by Crippen LogP contribution is -2.31. The molecule has 2 heterocycles. The molecule has 4 rings (SSSR count). The monoisotopic (exact) mass is 448 g/mol. The fourth-order valence-corrected chi connectivity index (χ4v) is 3.56. The Morgan fingerprint density at radius 1 is 1.00 bits per heavy atom. The van der Waals surface area contributed by atoms with Crippen LogP contribution in [-0.4, -0.2) is 48.0 Å². The van der Waals surface area contributed by atoms with Gasteiger partial charge in [0.15, 0.2) is 11.5 Å². The van der Waals surface area contributed by atoms with Gasteiger partial charge in [-0.2, -0.15) is 5.10 Å². The molecule has 1 N–H and O–H groups in total. The number of hydrogen-bond donors (Lipinski definition) is 1. The third kappa shape index (κ3) is 4.38. The van der Waals surface area contributed by atoms with Crippen molar-refractivity contribution >= 4 is 11.4 Å². The van der Waals surface area contributed by atoms with Crippen LogP contribution in [0.15, 0.2) is 65.7 Å². The minimum absolute atomic E-state index is 0.196. The molecule has 0 spiro atoms. The lowest BCUT2D eigenvalue weighted by Gasteiger charge is -2.13. The van der Waals surface area contributed by atoms with Crippen molar-refractivity contribution in [1.29, 1.82) is 0 Å². The maximum Gasteiger partial charge on any atom is 0.276 e. The van der Waals surface area contributed by atoms with Gasteiger partial charge in [-0.3, -0.25) is 9.59 Å². The largest absolute Gasteiger partial charge is 0.497 e. The van der Waals surface area contributed by atoms with E-state index in [1.54, 1.807) is 48.3 Å². The van der Waals surface area contributed by atoms with Gasteiger partial charge in [-0.1, -0.05) is 6.07 Å². The van der Waals surface area contributed by atoms with Crippen LogP contribution in [0.5, 0.6) is 17.2 Å². The van der Waals surface area contributed by atoms with E-state index in [2.05, 4.69) is 10.4 Å². The Morgan fingerprint density at radius 2 is 1.79 bits per heavy atom. The summed E-state index contributed by atoms with van der Waals surface area (Å²) in [5.74, 6) is 1.27. The van der Waals surface area contributed by atoms with Crippen molar-refractivity contribution in [2.45, 2.75) is 6.54 Å². The summed E-state index contributed by atoms with van der Waals surface area (Å²) in [7, 11) is 4.60. The zero-order valence-corrected chi connectivity index (χ0v) is 18.6. The van der Waals surface area contributed by atoms with E-state index >= 15 is 0 Å². The first-order valence-corrected chi connectivity index (χ1v) is 10.3. The molecule has 2 aromatic heterocycles. The Labute approximate surface area is 190 Å². The van der Waals surface area contributed by atoms with Crippen LogP contribution in [0.3, 0.4) is 0 Å². The molecule has 0 saturated heterocycles. The van der Waals surface area contributed by atoms with Gasteiger partial charge >= 0.3 is 0 Å². The maximum absolute atomic E-state index is 12.9. The van der Waals surface area contributed by atoms with Crippen molar-refractivity contribution in [2.75, 3.05) is 27.9 Å². The fraction of sp³-hybridized carbons (Fsp3) is 0.208. The molecule has 2 aromatic carbocycles. The van der Waals surface area contributed by atoms with Gasteiger partial charge in [0.2, 0.25) is 0 Å². The van der Waals surface area contributed by atoms with Crippen LogP contribution in [0.1, 0.15) is 10.4 Å². The van der Waals surface area contributed by atoms with Crippen molar-refractivity contribution in [1.82, 2.24) is 19.5 Å². The number of nitrogens with zero attached hydrogens (tertiary/aromatic N) is 3. The minimum Gasteiger partial charge on any atom is -0.497 e. The van der Waals surface area contributed by atoms with Crippen LogP contribution in [-0.2, 0) is 6.54 Å². The van der Waals surface area contributed by atoms with Gasteiger partial charge in [0, 0.05) is 31.0 Å². The van der Waals surface area contributed by atoms with Crippen LogP contribution in [0, 0.1) is 0 Å². The average molecular weight is 448 g/mol. The lowest BCUT2D eigenvalue weighted by atomic mass is 10.1. The molecular weight excluding hydrogens is 424 g/mol. The smallest absolute Gasteiger partial charge is 0.276 e. The second-order valence-electron chi connectivity index (χ2n) is 7.18. The van der Waals surface area contributed by atoms with Crippen LogP contribution in [0.4, 0.5) is 0 Å². The normalized spacial score (nSPS) is 10.8. The molecular formula is C24H24N4O5. The number of carbonyl (C=O) groups excluding carboxylic acids is 1. The Bertz CT molecular complexity index is 1340. The van der Waals surface area contributed by atoms with Gasteiger partial charge in [-0.15, -0.1) is 0 Å². The summed E-state index contributed by atoms with van der Waals surface area (Å²) < 4.78 is 18.8. The fourth-order valence-electron chi connectivity index (χ4n) is 3.56. The van der Waals surface area contributed by atoms with E-state index in [0.717, 1.165) is 11.3 Å². The molecule has 4 aromatic rings. The first-order chi connectivity index (χ1) is 16.0. The number of ether oxygens (including phenoxy) is 3. The van der Waals surface area contributed by atoms with Crippen molar-refractivity contribution in [3.8, 4) is 28.5 Å². The topological polar surface area (TPSA) is 96.1 Å². The maximum atomic E-state index is 12.9. The molecule has 33 heavy (non-hydrogen) atoms. The molecule has 1 amide bonds. The van der Waals surface area contributed by atoms with E-state index in [1.807, 2.05) is 24.3 Å². The molecule has 170 valence electrons. The standard InChI is InChI=1S/C24H24N4O5/c1-31-17-9-7-16(8-10-17)19-15-20-24(30)27(13-14-28(20)26-19)12-11-25-23(29)18-5-4-6-21(32-2)22(18)33-3/h4-10,13-15H,11-12H2,1-3H3,(H,25,29). The predicted octanol–water partition coefficient (Wildman–Crippen LogP) is 2.62. The molecule has 0 aliphatic carbocycles. The van der Waals surface area contributed by atoms with Gasteiger partial charge in [-0.05, 0) is 42.5 Å². The summed E-state index contributed by atoms with van der Waals surface area (Å²) in [4.78, 5) is 25.6. The van der Waals surface area contributed by atoms with Gasteiger partial charge < -0.3 is 24.1 Å². The number of fused-ring (bicyclic) bond motifs is 1. The van der Waals surface area contributed by atoms with Crippen LogP contribution < -0.4 is 25.1 Å². The zero-order chi connectivity index (χ0) is 23.4. The van der Waals surface area contributed by atoms with Crippen LogP contribution >= 0.6 is 0 Å². The number of carbonyl (C=O) groups is 1. The Balaban J connectivity index is 1.49. The Kier molecular flexibility index (Phi) is 6.30. The molecule has 0 bridgehead atoms. The predicted molar refractivity (Wildman–Crippen MR) is 123 cm³/mol.